The van der Waals surface area contributed by atoms with E-state index < -0.39 is 0 Å². The Bertz CT molecular complexity index is 670. The summed E-state index contributed by atoms with van der Waals surface area (Å²) in [7, 11) is 0. The average molecular weight is 349 g/mol. The van der Waals surface area contributed by atoms with E-state index in [0.717, 1.165) is 14.9 Å². The van der Waals surface area contributed by atoms with E-state index in [2.05, 4.69) is 33.1 Å². The molecule has 0 unspecified atom stereocenters. The highest BCUT2D eigenvalue weighted by molar-refractivity contribution is 9.10. The fourth-order valence-corrected chi connectivity index (χ4v) is 3.04. The molecule has 1 heterocycles. The van der Waals surface area contributed by atoms with Crippen molar-refractivity contribution >= 4 is 33.2 Å². The Hall–Kier alpha value is -1.61. The summed E-state index contributed by atoms with van der Waals surface area (Å²) in [4.78, 5) is 13.2. The Morgan fingerprint density at radius 1 is 1.40 bits per heavy atom. The number of benzene rings is 1. The third-order valence-electron chi connectivity index (χ3n) is 2.56. The molecule has 3 N–H and O–H groups in total. The van der Waals surface area contributed by atoms with Crippen LogP contribution in [0.5, 0.6) is 0 Å². The van der Waals surface area contributed by atoms with Gasteiger partial charge in [0.05, 0.1) is 13.1 Å². The van der Waals surface area contributed by atoms with E-state index in [1.807, 2.05) is 23.6 Å². The molecule has 0 bridgehead atoms. The summed E-state index contributed by atoms with van der Waals surface area (Å²) in [5.74, 6) is 5.58. The lowest BCUT2D eigenvalue weighted by Crippen LogP contribution is -2.22. The normalized spacial score (nSPS) is 9.70. The van der Waals surface area contributed by atoms with E-state index in [1.165, 1.54) is 0 Å². The number of hydrogen-bond donors (Lipinski definition) is 2. The first-order valence-electron chi connectivity index (χ1n) is 6.00. The van der Waals surface area contributed by atoms with Crippen molar-refractivity contribution in [3.63, 3.8) is 0 Å². The van der Waals surface area contributed by atoms with Gasteiger partial charge in [0.2, 0.25) is 0 Å². The van der Waals surface area contributed by atoms with Gasteiger partial charge in [0.1, 0.15) is 0 Å². The lowest BCUT2D eigenvalue weighted by Gasteiger charge is -2.04. The maximum atomic E-state index is 12.1. The van der Waals surface area contributed by atoms with Crippen LogP contribution in [-0.4, -0.2) is 12.5 Å². The molecule has 0 atom stereocenters. The quantitative estimate of drug-likeness (QED) is 0.838. The molecule has 2 rings (SSSR count). The molecule has 1 amide bonds. The lowest BCUT2D eigenvalue weighted by molar-refractivity contribution is 0.0951. The van der Waals surface area contributed by atoms with Gasteiger partial charge in [0.25, 0.3) is 5.91 Å². The number of hydrogen-bond acceptors (Lipinski definition) is 3. The molecule has 1 aromatic carbocycles. The highest BCUT2D eigenvalue weighted by Gasteiger charge is 2.07. The first-order valence-corrected chi connectivity index (χ1v) is 7.67. The predicted octanol–water partition coefficient (Wildman–Crippen LogP) is 2.75. The molecule has 5 heteroatoms. The molecule has 3 nitrogen and oxygen atoms in total. The minimum Gasteiger partial charge on any atom is -0.347 e. The van der Waals surface area contributed by atoms with E-state index in [4.69, 9.17) is 5.73 Å². The lowest BCUT2D eigenvalue weighted by atomic mass is 10.1. The SMILES string of the molecule is NCC#Cc1cccc(C(=O)NCc2sccc2Br)c1. The van der Waals surface area contributed by atoms with Crippen LogP contribution >= 0.6 is 27.3 Å². The van der Waals surface area contributed by atoms with Crippen LogP contribution in [0.2, 0.25) is 0 Å². The van der Waals surface area contributed by atoms with Gasteiger partial charge in [0, 0.05) is 20.5 Å². The van der Waals surface area contributed by atoms with Crippen LogP contribution < -0.4 is 11.1 Å². The zero-order chi connectivity index (χ0) is 14.4. The smallest absolute Gasteiger partial charge is 0.251 e. The largest absolute Gasteiger partial charge is 0.347 e. The number of carbonyl (C=O) groups excluding carboxylic acids is 1. The number of nitrogens with one attached hydrogen (secondary N) is 1. The average Bonchev–Trinajstić information content (AvgIpc) is 2.88. The van der Waals surface area contributed by atoms with Crippen LogP contribution in [-0.2, 0) is 6.54 Å². The van der Waals surface area contributed by atoms with Gasteiger partial charge in [-0.15, -0.1) is 11.3 Å². The summed E-state index contributed by atoms with van der Waals surface area (Å²) < 4.78 is 1.02. The molecule has 102 valence electrons. The molecule has 1 aromatic heterocycles. The maximum Gasteiger partial charge on any atom is 0.251 e. The Labute approximate surface area is 130 Å². The topological polar surface area (TPSA) is 55.1 Å². The van der Waals surface area contributed by atoms with Gasteiger partial charge in [-0.1, -0.05) is 17.9 Å². The summed E-state index contributed by atoms with van der Waals surface area (Å²) in [5.41, 5.74) is 6.72. The number of rotatable bonds is 3. The molecule has 0 aliphatic rings. The molecule has 0 saturated heterocycles. The molecular formula is C15H13BrN2OS. The predicted molar refractivity (Wildman–Crippen MR) is 85.6 cm³/mol. The monoisotopic (exact) mass is 348 g/mol. The molecule has 0 aliphatic heterocycles. The summed E-state index contributed by atoms with van der Waals surface area (Å²) in [6.07, 6.45) is 0. The Balaban J connectivity index is 2.04. The van der Waals surface area contributed by atoms with Crippen molar-refractivity contribution in [2.75, 3.05) is 6.54 Å². The molecule has 0 aliphatic carbocycles. The van der Waals surface area contributed by atoms with Crippen molar-refractivity contribution < 1.29 is 4.79 Å². The van der Waals surface area contributed by atoms with Crippen molar-refractivity contribution in [1.29, 1.82) is 0 Å². The van der Waals surface area contributed by atoms with Crippen LogP contribution in [0.4, 0.5) is 0 Å². The van der Waals surface area contributed by atoms with Gasteiger partial charge in [0.15, 0.2) is 0 Å². The van der Waals surface area contributed by atoms with Gasteiger partial charge in [-0.25, -0.2) is 0 Å². The van der Waals surface area contributed by atoms with E-state index in [-0.39, 0.29) is 5.91 Å². The Morgan fingerprint density at radius 2 is 2.25 bits per heavy atom. The fraction of sp³-hybridized carbons (Fsp3) is 0.133. The Kier molecular flexibility index (Phi) is 5.36. The van der Waals surface area contributed by atoms with Crippen molar-refractivity contribution in [1.82, 2.24) is 5.32 Å². The van der Waals surface area contributed by atoms with Gasteiger partial charge >= 0.3 is 0 Å². The second-order valence-corrected chi connectivity index (χ2v) is 5.82. The molecular weight excluding hydrogens is 336 g/mol. The zero-order valence-electron chi connectivity index (χ0n) is 10.7. The van der Waals surface area contributed by atoms with Crippen LogP contribution in [0.15, 0.2) is 40.2 Å². The molecule has 0 spiro atoms. The third kappa shape index (κ3) is 3.94. The van der Waals surface area contributed by atoms with E-state index in [0.29, 0.717) is 18.7 Å². The minimum atomic E-state index is -0.110. The van der Waals surface area contributed by atoms with Gasteiger partial charge in [-0.2, -0.15) is 0 Å². The number of nitrogens with two attached hydrogens (primary N) is 1. The van der Waals surface area contributed by atoms with Crippen LogP contribution in [0, 0.1) is 11.8 Å². The molecule has 0 radical (unpaired) electrons. The van der Waals surface area contributed by atoms with E-state index in [9.17, 15) is 4.79 Å². The van der Waals surface area contributed by atoms with E-state index >= 15 is 0 Å². The van der Waals surface area contributed by atoms with Crippen molar-refractivity contribution in [3.8, 4) is 11.8 Å². The second-order valence-electron chi connectivity index (χ2n) is 3.96. The van der Waals surface area contributed by atoms with Crippen LogP contribution in [0.3, 0.4) is 0 Å². The molecule has 0 fully saturated rings. The summed E-state index contributed by atoms with van der Waals surface area (Å²) >= 11 is 5.04. The third-order valence-corrected chi connectivity index (χ3v) is 4.49. The van der Waals surface area contributed by atoms with Crippen molar-refractivity contribution in [3.05, 3.63) is 56.2 Å². The second kappa shape index (κ2) is 7.25. The summed E-state index contributed by atoms with van der Waals surface area (Å²) in [6, 6.07) is 9.18. The maximum absolute atomic E-state index is 12.1. The first kappa shape index (κ1) is 14.8. The van der Waals surface area contributed by atoms with E-state index in [1.54, 1.807) is 23.5 Å². The highest BCUT2D eigenvalue weighted by atomic mass is 79.9. The molecule has 2 aromatic rings. The first-order chi connectivity index (χ1) is 9.70. The molecule has 0 saturated carbocycles. The zero-order valence-corrected chi connectivity index (χ0v) is 13.1. The van der Waals surface area contributed by atoms with Crippen molar-refractivity contribution in [2.45, 2.75) is 6.54 Å². The van der Waals surface area contributed by atoms with Gasteiger partial charge in [-0.3, -0.25) is 4.79 Å². The van der Waals surface area contributed by atoms with Crippen molar-refractivity contribution in [2.24, 2.45) is 5.73 Å². The Morgan fingerprint density at radius 3 is 2.95 bits per heavy atom. The number of amides is 1. The summed E-state index contributed by atoms with van der Waals surface area (Å²) in [5, 5.41) is 4.87. The van der Waals surface area contributed by atoms with Crippen LogP contribution in [0.1, 0.15) is 20.8 Å². The standard InChI is InChI=1S/C15H13BrN2OS/c16-13-6-8-20-14(13)10-18-15(19)12-5-1-3-11(9-12)4-2-7-17/h1,3,5-6,8-9H,7,10,17H2,(H,18,19). The number of thiophene rings is 1. The highest BCUT2D eigenvalue weighted by Crippen LogP contribution is 2.22. The number of halogens is 1. The van der Waals surface area contributed by atoms with Gasteiger partial charge in [-0.05, 0) is 45.6 Å². The minimum absolute atomic E-state index is 0.110. The van der Waals surface area contributed by atoms with Crippen LogP contribution in [0.25, 0.3) is 0 Å². The number of carbonyl (C=O) groups is 1. The summed E-state index contributed by atoms with van der Waals surface area (Å²) in [6.45, 7) is 0.818. The fourth-order valence-electron chi connectivity index (χ4n) is 1.61. The van der Waals surface area contributed by atoms with Gasteiger partial charge < -0.3 is 11.1 Å². The molecule has 20 heavy (non-hydrogen) atoms.